The first-order chi connectivity index (χ1) is 7.84. The lowest BCUT2D eigenvalue weighted by atomic mass is 10.2. The highest BCUT2D eigenvalue weighted by Crippen LogP contribution is 2.35. The van der Waals surface area contributed by atoms with Gasteiger partial charge in [0.05, 0.1) is 5.38 Å². The van der Waals surface area contributed by atoms with Gasteiger partial charge in [0.2, 0.25) is 0 Å². The van der Waals surface area contributed by atoms with Crippen LogP contribution < -0.4 is 5.32 Å². The van der Waals surface area contributed by atoms with Crippen LogP contribution in [-0.4, -0.2) is 21.9 Å². The summed E-state index contributed by atoms with van der Waals surface area (Å²) in [6.45, 7) is 0.829. The Labute approximate surface area is 101 Å². The number of aryl methyl sites for hydroxylation is 1. The van der Waals surface area contributed by atoms with Gasteiger partial charge in [-0.1, -0.05) is 0 Å². The lowest BCUT2D eigenvalue weighted by Gasteiger charge is -2.12. The molecule has 0 amide bonds. The van der Waals surface area contributed by atoms with E-state index in [1.54, 1.807) is 6.33 Å². The van der Waals surface area contributed by atoms with Crippen molar-refractivity contribution in [1.29, 1.82) is 0 Å². The summed E-state index contributed by atoms with van der Waals surface area (Å²) >= 11 is 6.27. The lowest BCUT2D eigenvalue weighted by molar-refractivity contribution is 0.767. The van der Waals surface area contributed by atoms with Crippen molar-refractivity contribution >= 4 is 17.4 Å². The van der Waals surface area contributed by atoms with Crippen LogP contribution in [0.15, 0.2) is 6.33 Å². The molecule has 86 valence electrons. The number of halogens is 1. The molecule has 0 aliphatic heterocycles. The van der Waals surface area contributed by atoms with Gasteiger partial charge >= 0.3 is 0 Å². The van der Waals surface area contributed by atoms with E-state index in [2.05, 4.69) is 15.3 Å². The Morgan fingerprint density at radius 2 is 2.25 bits per heavy atom. The molecule has 0 spiro atoms. The van der Waals surface area contributed by atoms with Crippen LogP contribution >= 0.6 is 11.6 Å². The van der Waals surface area contributed by atoms with Crippen LogP contribution in [0.1, 0.15) is 30.5 Å². The van der Waals surface area contributed by atoms with Crippen molar-refractivity contribution in [3.63, 3.8) is 0 Å². The zero-order chi connectivity index (χ0) is 11.0. The van der Waals surface area contributed by atoms with Gasteiger partial charge in [-0.05, 0) is 38.0 Å². The van der Waals surface area contributed by atoms with E-state index < -0.39 is 0 Å². The first-order valence-electron chi connectivity index (χ1n) is 6.05. The Morgan fingerprint density at radius 3 is 3.06 bits per heavy atom. The molecule has 16 heavy (non-hydrogen) atoms. The zero-order valence-corrected chi connectivity index (χ0v) is 10.0. The molecule has 0 saturated heterocycles. The summed E-state index contributed by atoms with van der Waals surface area (Å²) in [5, 5.41) is 3.64. The third-order valence-corrected chi connectivity index (χ3v) is 3.98. The van der Waals surface area contributed by atoms with E-state index in [4.69, 9.17) is 11.6 Å². The van der Waals surface area contributed by atoms with Crippen molar-refractivity contribution < 1.29 is 0 Å². The molecule has 1 heterocycles. The Balaban J connectivity index is 1.67. The van der Waals surface area contributed by atoms with E-state index in [1.807, 2.05) is 0 Å². The van der Waals surface area contributed by atoms with E-state index >= 15 is 0 Å². The number of hydrogen-bond acceptors (Lipinski definition) is 3. The first-order valence-corrected chi connectivity index (χ1v) is 6.49. The number of nitrogens with zero attached hydrogens (tertiary/aromatic N) is 2. The van der Waals surface area contributed by atoms with E-state index in [-0.39, 0.29) is 5.38 Å². The normalized spacial score (nSPS) is 20.6. The fourth-order valence-corrected chi connectivity index (χ4v) is 2.66. The minimum atomic E-state index is 0.256. The predicted octanol–water partition coefficient (Wildman–Crippen LogP) is 2.39. The van der Waals surface area contributed by atoms with Crippen molar-refractivity contribution in [2.24, 2.45) is 5.92 Å². The van der Waals surface area contributed by atoms with Crippen LogP contribution in [0.3, 0.4) is 0 Å². The number of aromatic nitrogens is 2. The molecule has 0 aromatic carbocycles. The Kier molecular flexibility index (Phi) is 2.72. The molecule has 1 N–H and O–H groups in total. The SMILES string of the molecule is ClC(CNc1ncnc2c1CCC2)C1CC1. The van der Waals surface area contributed by atoms with Crippen LogP contribution in [0, 0.1) is 5.92 Å². The molecule has 1 aromatic heterocycles. The van der Waals surface area contributed by atoms with E-state index in [0.717, 1.165) is 31.1 Å². The summed E-state index contributed by atoms with van der Waals surface area (Å²) in [5.74, 6) is 1.73. The van der Waals surface area contributed by atoms with Gasteiger partial charge in [0, 0.05) is 17.8 Å². The average Bonchev–Trinajstić information content (AvgIpc) is 3.04. The second-order valence-electron chi connectivity index (χ2n) is 4.74. The predicted molar refractivity (Wildman–Crippen MR) is 64.9 cm³/mol. The first kappa shape index (κ1) is 10.3. The summed E-state index contributed by atoms with van der Waals surface area (Å²) in [7, 11) is 0. The van der Waals surface area contributed by atoms with Gasteiger partial charge < -0.3 is 5.32 Å². The van der Waals surface area contributed by atoms with Crippen molar-refractivity contribution in [3.8, 4) is 0 Å². The van der Waals surface area contributed by atoms with Gasteiger partial charge in [0.1, 0.15) is 12.1 Å². The highest BCUT2D eigenvalue weighted by molar-refractivity contribution is 6.21. The van der Waals surface area contributed by atoms with Gasteiger partial charge in [-0.3, -0.25) is 0 Å². The second-order valence-corrected chi connectivity index (χ2v) is 5.30. The molecule has 4 heteroatoms. The molecule has 2 aliphatic carbocycles. The molecule has 0 radical (unpaired) electrons. The smallest absolute Gasteiger partial charge is 0.132 e. The minimum Gasteiger partial charge on any atom is -0.368 e. The number of nitrogens with one attached hydrogen (secondary N) is 1. The lowest BCUT2D eigenvalue weighted by Crippen LogP contribution is -2.17. The van der Waals surface area contributed by atoms with Gasteiger partial charge in [-0.15, -0.1) is 11.6 Å². The number of hydrogen-bond donors (Lipinski definition) is 1. The van der Waals surface area contributed by atoms with E-state index in [0.29, 0.717) is 0 Å². The summed E-state index contributed by atoms with van der Waals surface area (Å²) in [4.78, 5) is 8.63. The van der Waals surface area contributed by atoms with Crippen LogP contribution in [-0.2, 0) is 12.8 Å². The summed E-state index contributed by atoms with van der Waals surface area (Å²) < 4.78 is 0. The molecule has 3 rings (SSSR count). The number of anilines is 1. The second kappa shape index (κ2) is 4.21. The molecular formula is C12H16ClN3. The summed E-state index contributed by atoms with van der Waals surface area (Å²) in [6, 6.07) is 0. The quantitative estimate of drug-likeness (QED) is 0.818. The van der Waals surface area contributed by atoms with Gasteiger partial charge in [-0.25, -0.2) is 9.97 Å². The van der Waals surface area contributed by atoms with Gasteiger partial charge in [-0.2, -0.15) is 0 Å². The monoisotopic (exact) mass is 237 g/mol. The van der Waals surface area contributed by atoms with E-state index in [1.165, 1.54) is 30.5 Å². The molecule has 1 aromatic rings. The summed E-state index contributed by atoms with van der Waals surface area (Å²) in [6.07, 6.45) is 7.65. The molecule has 1 atom stereocenters. The largest absolute Gasteiger partial charge is 0.368 e. The molecule has 3 nitrogen and oxygen atoms in total. The average molecular weight is 238 g/mol. The highest BCUT2D eigenvalue weighted by Gasteiger charge is 2.29. The topological polar surface area (TPSA) is 37.8 Å². The standard InChI is InChI=1S/C12H16ClN3/c13-10(8-4-5-8)6-14-12-9-2-1-3-11(9)15-7-16-12/h7-8,10H,1-6H2,(H,14,15,16). The number of rotatable bonds is 4. The minimum absolute atomic E-state index is 0.256. The Morgan fingerprint density at radius 1 is 1.38 bits per heavy atom. The molecule has 2 aliphatic rings. The third-order valence-electron chi connectivity index (χ3n) is 3.47. The Bertz CT molecular complexity index is 390. The summed E-state index contributed by atoms with van der Waals surface area (Å²) in [5.41, 5.74) is 2.53. The molecule has 0 bridgehead atoms. The molecule has 1 unspecified atom stereocenters. The van der Waals surface area contributed by atoms with Crippen molar-refractivity contribution in [1.82, 2.24) is 9.97 Å². The number of alkyl halides is 1. The highest BCUT2D eigenvalue weighted by atomic mass is 35.5. The maximum Gasteiger partial charge on any atom is 0.132 e. The fourth-order valence-electron chi connectivity index (χ4n) is 2.33. The fraction of sp³-hybridized carbons (Fsp3) is 0.667. The van der Waals surface area contributed by atoms with Crippen molar-refractivity contribution in [3.05, 3.63) is 17.6 Å². The Hall–Kier alpha value is -0.830. The van der Waals surface area contributed by atoms with Crippen LogP contribution in [0.2, 0.25) is 0 Å². The van der Waals surface area contributed by atoms with Crippen molar-refractivity contribution in [2.75, 3.05) is 11.9 Å². The molecular weight excluding hydrogens is 222 g/mol. The van der Waals surface area contributed by atoms with Crippen LogP contribution in [0.4, 0.5) is 5.82 Å². The maximum absolute atomic E-state index is 6.27. The van der Waals surface area contributed by atoms with Crippen molar-refractivity contribution in [2.45, 2.75) is 37.5 Å². The zero-order valence-electron chi connectivity index (χ0n) is 9.25. The van der Waals surface area contributed by atoms with Crippen LogP contribution in [0.25, 0.3) is 0 Å². The third kappa shape index (κ3) is 2.01. The van der Waals surface area contributed by atoms with Crippen LogP contribution in [0.5, 0.6) is 0 Å². The van der Waals surface area contributed by atoms with E-state index in [9.17, 15) is 0 Å². The van der Waals surface area contributed by atoms with Gasteiger partial charge in [0.15, 0.2) is 0 Å². The number of fused-ring (bicyclic) bond motifs is 1. The van der Waals surface area contributed by atoms with Gasteiger partial charge in [0.25, 0.3) is 0 Å². The molecule has 1 fully saturated rings. The maximum atomic E-state index is 6.27. The molecule has 1 saturated carbocycles.